The lowest BCUT2D eigenvalue weighted by Gasteiger charge is -2.34. The van der Waals surface area contributed by atoms with Gasteiger partial charge in [-0.1, -0.05) is 17.7 Å². The van der Waals surface area contributed by atoms with Gasteiger partial charge in [0.1, 0.15) is 0 Å². The molecule has 0 aromatic heterocycles. The lowest BCUT2D eigenvalue weighted by atomic mass is 9.74. The second-order valence-electron chi connectivity index (χ2n) is 5.14. The van der Waals surface area contributed by atoms with Crippen LogP contribution in [0.2, 0.25) is 5.02 Å². The third-order valence-electron chi connectivity index (χ3n) is 4.18. The number of nitrogens with one attached hydrogen (secondary N) is 1. The Balaban J connectivity index is 2.17. The fourth-order valence-electron chi connectivity index (χ4n) is 3.27. The number of fused-ring (bicyclic) bond motifs is 2. The van der Waals surface area contributed by atoms with Crippen LogP contribution in [0, 0.1) is 0 Å². The van der Waals surface area contributed by atoms with Gasteiger partial charge in [-0.15, -0.1) is 0 Å². The summed E-state index contributed by atoms with van der Waals surface area (Å²) < 4.78 is 26.2. The summed E-state index contributed by atoms with van der Waals surface area (Å²) in [6, 6.07) is 5.31. The Labute approximate surface area is 110 Å². The van der Waals surface area contributed by atoms with Crippen molar-refractivity contribution in [1.29, 1.82) is 0 Å². The van der Waals surface area contributed by atoms with E-state index in [1.165, 1.54) is 0 Å². The monoisotopic (exact) mass is 269 g/mol. The fraction of sp³-hybridized carbons (Fsp3) is 0.429. The van der Waals surface area contributed by atoms with Gasteiger partial charge in [0.25, 0.3) is 6.08 Å². The summed E-state index contributed by atoms with van der Waals surface area (Å²) in [5, 5.41) is 3.92. The van der Waals surface area contributed by atoms with Gasteiger partial charge >= 0.3 is 0 Å². The van der Waals surface area contributed by atoms with E-state index in [0.717, 1.165) is 31.5 Å². The van der Waals surface area contributed by atoms with E-state index in [-0.39, 0.29) is 11.0 Å². The van der Waals surface area contributed by atoms with Gasteiger partial charge in [-0.05, 0) is 55.6 Å². The van der Waals surface area contributed by atoms with Crippen LogP contribution < -0.4 is 5.32 Å². The van der Waals surface area contributed by atoms with Crippen LogP contribution >= 0.6 is 11.6 Å². The zero-order valence-corrected chi connectivity index (χ0v) is 10.7. The van der Waals surface area contributed by atoms with Crippen molar-refractivity contribution in [3.8, 4) is 0 Å². The van der Waals surface area contributed by atoms with Crippen molar-refractivity contribution in [2.75, 3.05) is 13.1 Å². The summed E-state index contributed by atoms with van der Waals surface area (Å²) in [7, 11) is 0. The maximum absolute atomic E-state index is 13.1. The normalized spacial score (nSPS) is 21.2. The standard InChI is InChI=1S/C14H14ClF2N/c15-9-1-2-10-11(13(16)17)8-14(12(10)7-9)3-5-18-6-4-14/h1-2,7,18H,3-6,8H2. The number of rotatable bonds is 0. The van der Waals surface area contributed by atoms with E-state index in [2.05, 4.69) is 5.32 Å². The van der Waals surface area contributed by atoms with Gasteiger partial charge in [0.2, 0.25) is 0 Å². The molecule has 1 N–H and O–H groups in total. The Bertz CT molecular complexity index is 515. The molecule has 0 amide bonds. The first-order valence-electron chi connectivity index (χ1n) is 6.18. The zero-order chi connectivity index (χ0) is 12.8. The predicted octanol–water partition coefficient (Wildman–Crippen LogP) is 3.97. The van der Waals surface area contributed by atoms with E-state index < -0.39 is 6.08 Å². The molecule has 1 heterocycles. The average Bonchev–Trinajstić information content (AvgIpc) is 2.65. The second-order valence-corrected chi connectivity index (χ2v) is 5.57. The van der Waals surface area contributed by atoms with E-state index in [9.17, 15) is 8.78 Å². The predicted molar refractivity (Wildman–Crippen MR) is 69.0 cm³/mol. The molecular formula is C14H14ClF2N. The van der Waals surface area contributed by atoms with Crippen LogP contribution in [0.5, 0.6) is 0 Å². The van der Waals surface area contributed by atoms with Crippen molar-refractivity contribution in [1.82, 2.24) is 5.32 Å². The maximum atomic E-state index is 13.1. The SMILES string of the molecule is FC(F)=C1CC2(CCNCC2)c2cc(Cl)ccc21. The molecule has 18 heavy (non-hydrogen) atoms. The summed E-state index contributed by atoms with van der Waals surface area (Å²) in [6.07, 6.45) is 0.704. The number of benzene rings is 1. The first-order valence-corrected chi connectivity index (χ1v) is 6.55. The molecule has 96 valence electrons. The molecule has 1 nitrogen and oxygen atoms in total. The summed E-state index contributed by atoms with van der Waals surface area (Å²) in [5.41, 5.74) is 1.79. The van der Waals surface area contributed by atoms with Crippen molar-refractivity contribution < 1.29 is 8.78 Å². The van der Waals surface area contributed by atoms with E-state index in [0.29, 0.717) is 17.0 Å². The largest absolute Gasteiger partial charge is 0.317 e. The van der Waals surface area contributed by atoms with Crippen molar-refractivity contribution in [3.63, 3.8) is 0 Å². The molecule has 0 unspecified atom stereocenters. The Hall–Kier alpha value is -0.930. The number of hydrogen-bond donors (Lipinski definition) is 1. The molecule has 0 bridgehead atoms. The van der Waals surface area contributed by atoms with Crippen LogP contribution in [-0.2, 0) is 5.41 Å². The highest BCUT2D eigenvalue weighted by Gasteiger charge is 2.43. The number of halogens is 3. The molecule has 1 aliphatic carbocycles. The van der Waals surface area contributed by atoms with Crippen LogP contribution in [0.15, 0.2) is 24.3 Å². The molecule has 1 aliphatic heterocycles. The van der Waals surface area contributed by atoms with Crippen molar-refractivity contribution in [3.05, 3.63) is 40.4 Å². The van der Waals surface area contributed by atoms with Crippen LogP contribution in [0.3, 0.4) is 0 Å². The van der Waals surface area contributed by atoms with Crippen molar-refractivity contribution >= 4 is 17.2 Å². The minimum atomic E-state index is -1.55. The van der Waals surface area contributed by atoms with Crippen LogP contribution in [0.25, 0.3) is 5.57 Å². The van der Waals surface area contributed by atoms with Crippen molar-refractivity contribution in [2.45, 2.75) is 24.7 Å². The lowest BCUT2D eigenvalue weighted by molar-refractivity contribution is 0.319. The smallest absolute Gasteiger partial charge is 0.274 e. The summed E-state index contributed by atoms with van der Waals surface area (Å²) in [6.45, 7) is 1.76. The van der Waals surface area contributed by atoms with E-state index in [4.69, 9.17) is 11.6 Å². The summed E-state index contributed by atoms with van der Waals surface area (Å²) >= 11 is 6.03. The van der Waals surface area contributed by atoms with Gasteiger partial charge in [-0.3, -0.25) is 0 Å². The zero-order valence-electron chi connectivity index (χ0n) is 9.90. The molecule has 0 radical (unpaired) electrons. The van der Waals surface area contributed by atoms with Gasteiger partial charge in [0.05, 0.1) is 0 Å². The second kappa shape index (κ2) is 4.32. The fourth-order valence-corrected chi connectivity index (χ4v) is 3.44. The molecule has 1 spiro atoms. The highest BCUT2D eigenvalue weighted by atomic mass is 35.5. The van der Waals surface area contributed by atoms with Crippen LogP contribution in [0.1, 0.15) is 30.4 Å². The molecule has 3 rings (SSSR count). The molecule has 1 fully saturated rings. The third-order valence-corrected chi connectivity index (χ3v) is 4.42. The van der Waals surface area contributed by atoms with Gasteiger partial charge in [-0.25, -0.2) is 0 Å². The average molecular weight is 270 g/mol. The molecule has 0 saturated carbocycles. The molecule has 1 aromatic carbocycles. The van der Waals surface area contributed by atoms with E-state index in [1.807, 2.05) is 6.07 Å². The first-order chi connectivity index (χ1) is 8.62. The number of piperidine rings is 1. The summed E-state index contributed by atoms with van der Waals surface area (Å²) in [5.74, 6) is 0. The molecule has 1 saturated heterocycles. The van der Waals surface area contributed by atoms with E-state index >= 15 is 0 Å². The lowest BCUT2D eigenvalue weighted by Crippen LogP contribution is -2.38. The summed E-state index contributed by atoms with van der Waals surface area (Å²) in [4.78, 5) is 0. The van der Waals surface area contributed by atoms with Gasteiger partial charge < -0.3 is 5.32 Å². The van der Waals surface area contributed by atoms with Gasteiger partial charge in [0, 0.05) is 16.0 Å². The minimum absolute atomic E-state index is 0.135. The van der Waals surface area contributed by atoms with Gasteiger partial charge in [0.15, 0.2) is 0 Å². The number of allylic oxidation sites excluding steroid dienone is 1. The molecular weight excluding hydrogens is 256 g/mol. The maximum Gasteiger partial charge on any atom is 0.274 e. The first kappa shape index (κ1) is 12.1. The van der Waals surface area contributed by atoms with Crippen LogP contribution in [0.4, 0.5) is 8.78 Å². The molecule has 0 atom stereocenters. The Morgan fingerprint density at radius 3 is 2.61 bits per heavy atom. The highest BCUT2D eigenvalue weighted by molar-refractivity contribution is 6.30. The number of hydrogen-bond acceptors (Lipinski definition) is 1. The van der Waals surface area contributed by atoms with E-state index in [1.54, 1.807) is 12.1 Å². The molecule has 4 heteroatoms. The van der Waals surface area contributed by atoms with Crippen molar-refractivity contribution in [2.24, 2.45) is 0 Å². The topological polar surface area (TPSA) is 12.0 Å². The van der Waals surface area contributed by atoms with Gasteiger partial charge in [-0.2, -0.15) is 8.78 Å². The highest BCUT2D eigenvalue weighted by Crippen LogP contribution is 2.52. The Morgan fingerprint density at radius 1 is 1.22 bits per heavy atom. The van der Waals surface area contributed by atoms with Crippen LogP contribution in [-0.4, -0.2) is 13.1 Å². The molecule has 1 aromatic rings. The quantitative estimate of drug-likeness (QED) is 0.751. The molecule has 2 aliphatic rings. The third kappa shape index (κ3) is 1.77. The Morgan fingerprint density at radius 2 is 1.94 bits per heavy atom. The minimum Gasteiger partial charge on any atom is -0.317 e. The Kier molecular flexibility index (Phi) is 2.91.